The van der Waals surface area contributed by atoms with Crippen LogP contribution in [-0.4, -0.2) is 8.42 Å². The summed E-state index contributed by atoms with van der Waals surface area (Å²) >= 11 is 5.79. The van der Waals surface area contributed by atoms with Gasteiger partial charge in [-0.3, -0.25) is 0 Å². The van der Waals surface area contributed by atoms with Crippen molar-refractivity contribution >= 4 is 27.4 Å². The van der Waals surface area contributed by atoms with Gasteiger partial charge in [0.25, 0.3) is 0 Å². The van der Waals surface area contributed by atoms with Gasteiger partial charge in [-0.1, -0.05) is 23.7 Å². The first-order valence-electron chi connectivity index (χ1n) is 8.14. The van der Waals surface area contributed by atoms with Crippen LogP contribution in [0.25, 0.3) is 0 Å². The highest BCUT2D eigenvalue weighted by molar-refractivity contribution is 7.87. The molecule has 0 aliphatic heterocycles. The zero-order chi connectivity index (χ0) is 22.1. The molecule has 0 bridgehead atoms. The van der Waals surface area contributed by atoms with E-state index in [2.05, 4.69) is 9.50 Å². The van der Waals surface area contributed by atoms with Gasteiger partial charge in [-0.25, -0.2) is 13.2 Å². The third kappa shape index (κ3) is 4.49. The molecule has 0 atom stereocenters. The van der Waals surface area contributed by atoms with Crippen molar-refractivity contribution in [3.8, 4) is 5.75 Å². The highest BCUT2D eigenvalue weighted by Gasteiger charge is 2.30. The molecule has 0 aliphatic rings. The SMILES string of the molecule is O=S(=O)(Oc1c(F)c(F)c(F)c(F)c1F)c1ccc(CNc2ccc(Cl)cc2)cc1. The van der Waals surface area contributed by atoms with Gasteiger partial charge < -0.3 is 9.50 Å². The third-order valence-corrected chi connectivity index (χ3v) is 5.40. The lowest BCUT2D eigenvalue weighted by molar-refractivity contribution is 0.346. The monoisotopic (exact) mass is 463 g/mol. The molecule has 0 spiro atoms. The fraction of sp³-hybridized carbons (Fsp3) is 0.0526. The Morgan fingerprint density at radius 1 is 0.767 bits per heavy atom. The maximum absolute atomic E-state index is 13.7. The minimum absolute atomic E-state index is 0.306. The second-order valence-corrected chi connectivity index (χ2v) is 7.92. The van der Waals surface area contributed by atoms with Gasteiger partial charge in [0.05, 0.1) is 0 Å². The van der Waals surface area contributed by atoms with Gasteiger partial charge in [0.15, 0.2) is 0 Å². The van der Waals surface area contributed by atoms with Gasteiger partial charge in [0.2, 0.25) is 34.8 Å². The van der Waals surface area contributed by atoms with E-state index in [1.807, 2.05) is 0 Å². The predicted octanol–water partition coefficient (Wildman–Crippen LogP) is 5.42. The molecule has 0 radical (unpaired) electrons. The molecule has 11 heteroatoms. The second kappa shape index (κ2) is 8.49. The molecule has 4 nitrogen and oxygen atoms in total. The smallest absolute Gasteiger partial charge is 0.339 e. The van der Waals surface area contributed by atoms with Crippen LogP contribution in [0.1, 0.15) is 5.56 Å². The van der Waals surface area contributed by atoms with Crippen LogP contribution in [0.3, 0.4) is 0 Å². The van der Waals surface area contributed by atoms with Crippen molar-refractivity contribution < 1.29 is 34.6 Å². The summed E-state index contributed by atoms with van der Waals surface area (Å²) in [6.07, 6.45) is 0. The van der Waals surface area contributed by atoms with Crippen LogP contribution in [0.15, 0.2) is 53.4 Å². The maximum Gasteiger partial charge on any atom is 0.339 e. The van der Waals surface area contributed by atoms with Gasteiger partial charge in [-0.2, -0.15) is 17.2 Å². The summed E-state index contributed by atoms with van der Waals surface area (Å²) in [4.78, 5) is -0.540. The number of hydrogen-bond donors (Lipinski definition) is 1. The predicted molar refractivity (Wildman–Crippen MR) is 99.3 cm³/mol. The summed E-state index contributed by atoms with van der Waals surface area (Å²) in [5, 5.41) is 3.62. The average molecular weight is 464 g/mol. The van der Waals surface area contributed by atoms with Crippen molar-refractivity contribution in [2.45, 2.75) is 11.4 Å². The first kappa shape index (κ1) is 21.8. The lowest BCUT2D eigenvalue weighted by Gasteiger charge is -2.11. The van der Waals surface area contributed by atoms with Crippen LogP contribution in [-0.2, 0) is 16.7 Å². The first-order chi connectivity index (χ1) is 14.1. The molecular weight excluding hydrogens is 453 g/mol. The molecule has 0 fully saturated rings. The molecule has 0 amide bonds. The first-order valence-corrected chi connectivity index (χ1v) is 9.93. The van der Waals surface area contributed by atoms with Gasteiger partial charge in [-0.15, -0.1) is 0 Å². The Balaban J connectivity index is 1.78. The summed E-state index contributed by atoms with van der Waals surface area (Å²) in [6, 6.07) is 11.7. The van der Waals surface area contributed by atoms with Crippen LogP contribution in [0.2, 0.25) is 5.02 Å². The summed E-state index contributed by atoms with van der Waals surface area (Å²) < 4.78 is 95.5. The van der Waals surface area contributed by atoms with E-state index in [0.717, 1.165) is 17.8 Å². The fourth-order valence-corrected chi connectivity index (χ4v) is 3.42. The van der Waals surface area contributed by atoms with E-state index in [1.54, 1.807) is 24.3 Å². The zero-order valence-electron chi connectivity index (χ0n) is 14.7. The summed E-state index contributed by atoms with van der Waals surface area (Å²) in [5.74, 6) is -13.7. The van der Waals surface area contributed by atoms with Gasteiger partial charge in [0.1, 0.15) is 4.90 Å². The van der Waals surface area contributed by atoms with Crippen LogP contribution in [0, 0.1) is 29.1 Å². The lowest BCUT2D eigenvalue weighted by atomic mass is 10.2. The number of rotatable bonds is 6. The maximum atomic E-state index is 13.7. The standard InChI is InChI=1S/C19H11ClF5NO3S/c20-11-3-5-12(6-4-11)26-9-10-1-7-13(8-2-10)30(27,28)29-19-17(24)15(22)14(21)16(23)18(19)25/h1-8,26H,9H2. The molecule has 0 saturated heterocycles. The van der Waals surface area contributed by atoms with Crippen LogP contribution in [0.4, 0.5) is 27.6 Å². The molecule has 30 heavy (non-hydrogen) atoms. The van der Waals surface area contributed by atoms with Crippen molar-refractivity contribution in [3.63, 3.8) is 0 Å². The molecule has 1 N–H and O–H groups in total. The summed E-state index contributed by atoms with van der Waals surface area (Å²) in [7, 11) is -4.86. The summed E-state index contributed by atoms with van der Waals surface area (Å²) in [5.41, 5.74) is 1.39. The fourth-order valence-electron chi connectivity index (χ4n) is 2.36. The Bertz CT molecular complexity index is 1160. The normalized spacial score (nSPS) is 11.4. The Labute approximate surface area is 173 Å². The molecule has 0 saturated carbocycles. The number of nitrogens with one attached hydrogen (secondary N) is 1. The van der Waals surface area contributed by atoms with Crippen molar-refractivity contribution in [2.75, 3.05) is 5.32 Å². The molecular formula is C19H11ClF5NO3S. The van der Waals surface area contributed by atoms with Crippen LogP contribution >= 0.6 is 11.6 Å². The number of halogens is 6. The minimum atomic E-state index is -4.86. The minimum Gasteiger partial charge on any atom is -0.381 e. The van der Waals surface area contributed by atoms with Gasteiger partial charge in [-0.05, 0) is 42.0 Å². The van der Waals surface area contributed by atoms with E-state index in [9.17, 15) is 30.4 Å². The largest absolute Gasteiger partial charge is 0.381 e. The quantitative estimate of drug-likeness (QED) is 0.230. The number of benzene rings is 3. The highest BCUT2D eigenvalue weighted by atomic mass is 35.5. The zero-order valence-corrected chi connectivity index (χ0v) is 16.3. The van der Waals surface area contributed by atoms with Crippen LogP contribution < -0.4 is 9.50 Å². The molecule has 158 valence electrons. The lowest BCUT2D eigenvalue weighted by Crippen LogP contribution is -2.14. The topological polar surface area (TPSA) is 55.4 Å². The van der Waals surface area contributed by atoms with E-state index < -0.39 is 49.8 Å². The van der Waals surface area contributed by atoms with E-state index >= 15 is 0 Å². The number of hydrogen-bond acceptors (Lipinski definition) is 4. The molecule has 3 aromatic rings. The van der Waals surface area contributed by atoms with Crippen LogP contribution in [0.5, 0.6) is 5.75 Å². The van der Waals surface area contributed by atoms with E-state index in [1.165, 1.54) is 12.1 Å². The van der Waals surface area contributed by atoms with Crippen molar-refractivity contribution in [1.29, 1.82) is 0 Å². The molecule has 0 aliphatic carbocycles. The van der Waals surface area contributed by atoms with Crippen molar-refractivity contribution in [3.05, 3.63) is 88.2 Å². The van der Waals surface area contributed by atoms with Crippen molar-refractivity contribution in [1.82, 2.24) is 0 Å². The number of anilines is 1. The summed E-state index contributed by atoms with van der Waals surface area (Å²) in [6.45, 7) is 0.306. The Hall–Kier alpha value is -2.85. The third-order valence-electron chi connectivity index (χ3n) is 3.92. The van der Waals surface area contributed by atoms with E-state index in [-0.39, 0.29) is 0 Å². The average Bonchev–Trinajstić information content (AvgIpc) is 2.74. The second-order valence-electron chi connectivity index (χ2n) is 5.94. The Morgan fingerprint density at radius 3 is 1.80 bits per heavy atom. The van der Waals surface area contributed by atoms with Gasteiger partial charge in [0, 0.05) is 17.3 Å². The van der Waals surface area contributed by atoms with Crippen molar-refractivity contribution in [2.24, 2.45) is 0 Å². The molecule has 0 heterocycles. The highest BCUT2D eigenvalue weighted by Crippen LogP contribution is 2.31. The Kier molecular flexibility index (Phi) is 6.18. The van der Waals surface area contributed by atoms with E-state index in [4.69, 9.17) is 11.6 Å². The molecule has 0 unspecified atom stereocenters. The molecule has 3 rings (SSSR count). The van der Waals surface area contributed by atoms with Gasteiger partial charge >= 0.3 is 10.1 Å². The Morgan fingerprint density at radius 2 is 1.27 bits per heavy atom. The van der Waals surface area contributed by atoms with E-state index in [0.29, 0.717) is 17.1 Å². The molecule has 3 aromatic carbocycles. The molecule has 0 aromatic heterocycles.